The maximum atomic E-state index is 5.72. The van der Waals surface area contributed by atoms with Gasteiger partial charge in [0.05, 0.1) is 6.04 Å². The molecule has 0 radical (unpaired) electrons. The van der Waals surface area contributed by atoms with Crippen molar-refractivity contribution < 1.29 is 4.42 Å². The van der Waals surface area contributed by atoms with Crippen LogP contribution in [0.2, 0.25) is 0 Å². The molecule has 4 heteroatoms. The van der Waals surface area contributed by atoms with Crippen LogP contribution in [0, 0.1) is 6.92 Å². The zero-order valence-corrected chi connectivity index (χ0v) is 11.4. The highest BCUT2D eigenvalue weighted by Gasteiger charge is 2.35. The molecule has 2 saturated heterocycles. The van der Waals surface area contributed by atoms with E-state index >= 15 is 0 Å². The molecule has 1 N–H and O–H groups in total. The summed E-state index contributed by atoms with van der Waals surface area (Å²) in [5.41, 5.74) is 0. The van der Waals surface area contributed by atoms with Gasteiger partial charge in [-0.1, -0.05) is 0 Å². The third kappa shape index (κ3) is 2.32. The minimum Gasteiger partial charge on any atom is -0.465 e. The van der Waals surface area contributed by atoms with Gasteiger partial charge in [-0.15, -0.1) is 0 Å². The van der Waals surface area contributed by atoms with Crippen LogP contribution in [0.4, 0.5) is 0 Å². The second kappa shape index (κ2) is 5.03. The van der Waals surface area contributed by atoms with E-state index in [1.165, 1.54) is 26.2 Å². The van der Waals surface area contributed by atoms with Gasteiger partial charge in [-0.2, -0.15) is 0 Å². The maximum absolute atomic E-state index is 5.72. The molecule has 0 amide bonds. The molecule has 1 atom stereocenters. The molecule has 1 aromatic rings. The first-order valence-electron chi connectivity index (χ1n) is 6.99. The van der Waals surface area contributed by atoms with Gasteiger partial charge in [-0.05, 0) is 26.0 Å². The second-order valence-corrected chi connectivity index (χ2v) is 5.52. The lowest BCUT2D eigenvalue weighted by Crippen LogP contribution is -2.62. The monoisotopic (exact) mass is 249 g/mol. The molecule has 2 fully saturated rings. The summed E-state index contributed by atoms with van der Waals surface area (Å²) >= 11 is 0. The van der Waals surface area contributed by atoms with Crippen molar-refractivity contribution in [2.45, 2.75) is 25.9 Å². The molecule has 3 heterocycles. The summed E-state index contributed by atoms with van der Waals surface area (Å²) in [5, 5.41) is 3.41. The minimum absolute atomic E-state index is 0.415. The van der Waals surface area contributed by atoms with Crippen LogP contribution >= 0.6 is 0 Å². The number of furan rings is 1. The molecule has 3 rings (SSSR count). The van der Waals surface area contributed by atoms with Gasteiger partial charge < -0.3 is 9.73 Å². The number of likely N-dealkylation sites (tertiary alicyclic amines) is 1. The molecular formula is C14H23N3O. The molecule has 0 aliphatic carbocycles. The van der Waals surface area contributed by atoms with Crippen LogP contribution in [0.3, 0.4) is 0 Å². The Bertz CT molecular complexity index is 391. The van der Waals surface area contributed by atoms with Crippen LogP contribution in [-0.4, -0.2) is 55.1 Å². The summed E-state index contributed by atoms with van der Waals surface area (Å²) in [5.74, 6) is 2.11. The molecule has 1 unspecified atom stereocenters. The topological polar surface area (TPSA) is 31.6 Å². The van der Waals surface area contributed by atoms with Crippen molar-refractivity contribution in [2.75, 3.05) is 39.3 Å². The zero-order chi connectivity index (χ0) is 12.5. The summed E-state index contributed by atoms with van der Waals surface area (Å²) in [7, 11) is 0. The van der Waals surface area contributed by atoms with E-state index in [1.54, 1.807) is 0 Å². The minimum atomic E-state index is 0.415. The summed E-state index contributed by atoms with van der Waals surface area (Å²) in [6.45, 7) is 11.3. The Morgan fingerprint density at radius 3 is 2.61 bits per heavy atom. The zero-order valence-electron chi connectivity index (χ0n) is 11.4. The van der Waals surface area contributed by atoms with Crippen LogP contribution in [0.25, 0.3) is 0 Å². The fourth-order valence-corrected chi connectivity index (χ4v) is 2.94. The third-order valence-corrected chi connectivity index (χ3v) is 4.28. The largest absolute Gasteiger partial charge is 0.465 e. The number of piperazine rings is 1. The predicted molar refractivity (Wildman–Crippen MR) is 71.7 cm³/mol. The van der Waals surface area contributed by atoms with Crippen molar-refractivity contribution in [2.24, 2.45) is 0 Å². The molecule has 18 heavy (non-hydrogen) atoms. The lowest BCUT2D eigenvalue weighted by Gasteiger charge is -2.48. The van der Waals surface area contributed by atoms with Crippen molar-refractivity contribution in [3.05, 3.63) is 23.7 Å². The molecule has 100 valence electrons. The third-order valence-electron chi connectivity index (χ3n) is 4.28. The van der Waals surface area contributed by atoms with E-state index in [-0.39, 0.29) is 0 Å². The lowest BCUT2D eigenvalue weighted by atomic mass is 10.0. The standard InChI is InChI=1S/C14H23N3O/c1-11-3-4-14(18-11)12(2)17-9-13(10-17)16-7-5-15-6-8-16/h3-4,12-13,15H,5-10H2,1-2H3. The molecule has 2 aliphatic heterocycles. The fraction of sp³-hybridized carbons (Fsp3) is 0.714. The molecular weight excluding hydrogens is 226 g/mol. The highest BCUT2D eigenvalue weighted by Crippen LogP contribution is 2.28. The van der Waals surface area contributed by atoms with Gasteiger partial charge in [0, 0.05) is 45.3 Å². The van der Waals surface area contributed by atoms with E-state index in [0.29, 0.717) is 6.04 Å². The molecule has 4 nitrogen and oxygen atoms in total. The quantitative estimate of drug-likeness (QED) is 0.873. The number of hydrogen-bond acceptors (Lipinski definition) is 4. The van der Waals surface area contributed by atoms with E-state index in [4.69, 9.17) is 4.42 Å². The van der Waals surface area contributed by atoms with Gasteiger partial charge in [0.15, 0.2) is 0 Å². The SMILES string of the molecule is Cc1ccc(C(C)N2CC(N3CCNCC3)C2)o1. The first-order chi connectivity index (χ1) is 8.74. The smallest absolute Gasteiger partial charge is 0.121 e. The van der Waals surface area contributed by atoms with Crippen LogP contribution in [0.5, 0.6) is 0 Å². The summed E-state index contributed by atoms with van der Waals surface area (Å²) < 4.78 is 5.72. The van der Waals surface area contributed by atoms with E-state index in [1.807, 2.05) is 6.92 Å². The Hall–Kier alpha value is -0.840. The Labute approximate surface area is 109 Å². The van der Waals surface area contributed by atoms with Gasteiger partial charge in [0.1, 0.15) is 11.5 Å². The average molecular weight is 249 g/mol. The molecule has 0 aromatic carbocycles. The van der Waals surface area contributed by atoms with Crippen LogP contribution in [0.15, 0.2) is 16.5 Å². The highest BCUT2D eigenvalue weighted by atomic mass is 16.3. The normalized spacial score (nSPS) is 25.0. The summed E-state index contributed by atoms with van der Waals surface area (Å²) in [4.78, 5) is 5.12. The van der Waals surface area contributed by atoms with Crippen molar-refractivity contribution in [3.8, 4) is 0 Å². The molecule has 1 aromatic heterocycles. The first kappa shape index (κ1) is 12.2. The van der Waals surface area contributed by atoms with E-state index in [9.17, 15) is 0 Å². The molecule has 0 saturated carbocycles. The van der Waals surface area contributed by atoms with Gasteiger partial charge >= 0.3 is 0 Å². The van der Waals surface area contributed by atoms with Crippen LogP contribution in [-0.2, 0) is 0 Å². The fourth-order valence-electron chi connectivity index (χ4n) is 2.94. The van der Waals surface area contributed by atoms with Gasteiger partial charge in [-0.25, -0.2) is 0 Å². The molecule has 0 bridgehead atoms. The first-order valence-corrected chi connectivity index (χ1v) is 6.99. The van der Waals surface area contributed by atoms with Crippen LogP contribution in [0.1, 0.15) is 24.5 Å². The highest BCUT2D eigenvalue weighted by molar-refractivity contribution is 5.10. The van der Waals surface area contributed by atoms with E-state index in [2.05, 4.69) is 34.2 Å². The number of rotatable bonds is 3. The Kier molecular flexibility index (Phi) is 3.41. The van der Waals surface area contributed by atoms with Crippen molar-refractivity contribution >= 4 is 0 Å². The van der Waals surface area contributed by atoms with Gasteiger partial charge in [0.25, 0.3) is 0 Å². The van der Waals surface area contributed by atoms with E-state index < -0.39 is 0 Å². The van der Waals surface area contributed by atoms with Crippen molar-refractivity contribution in [3.63, 3.8) is 0 Å². The number of nitrogens with one attached hydrogen (secondary N) is 1. The average Bonchev–Trinajstić information content (AvgIpc) is 2.75. The lowest BCUT2D eigenvalue weighted by molar-refractivity contribution is -0.00179. The summed E-state index contributed by atoms with van der Waals surface area (Å²) in [6, 6.07) is 5.33. The van der Waals surface area contributed by atoms with Crippen molar-refractivity contribution in [1.29, 1.82) is 0 Å². The van der Waals surface area contributed by atoms with Gasteiger partial charge in [0.2, 0.25) is 0 Å². The predicted octanol–water partition coefficient (Wildman–Crippen LogP) is 1.24. The van der Waals surface area contributed by atoms with E-state index in [0.717, 1.165) is 30.7 Å². The van der Waals surface area contributed by atoms with Gasteiger partial charge in [-0.3, -0.25) is 9.80 Å². The van der Waals surface area contributed by atoms with Crippen molar-refractivity contribution in [1.82, 2.24) is 15.1 Å². The number of aryl methyl sites for hydroxylation is 1. The van der Waals surface area contributed by atoms with Crippen LogP contribution < -0.4 is 5.32 Å². The second-order valence-electron chi connectivity index (χ2n) is 5.52. The molecule has 0 spiro atoms. The Balaban J connectivity index is 1.52. The maximum Gasteiger partial charge on any atom is 0.121 e. The summed E-state index contributed by atoms with van der Waals surface area (Å²) in [6.07, 6.45) is 0. The Morgan fingerprint density at radius 1 is 1.28 bits per heavy atom. The Morgan fingerprint density at radius 2 is 2.00 bits per heavy atom. The number of nitrogens with zero attached hydrogens (tertiary/aromatic N) is 2. The number of hydrogen-bond donors (Lipinski definition) is 1. The molecule has 2 aliphatic rings.